The molecule has 4 heteroatoms. The largest absolute Gasteiger partial charge is 0.491 e. The van der Waals surface area contributed by atoms with E-state index in [9.17, 15) is 0 Å². The second-order valence-electron chi connectivity index (χ2n) is 5.52. The van der Waals surface area contributed by atoms with Crippen LogP contribution in [0.25, 0.3) is 0 Å². The molecule has 1 aliphatic carbocycles. The molecule has 114 valence electrons. The molecule has 0 aliphatic heterocycles. The molecule has 0 saturated carbocycles. The maximum absolute atomic E-state index is 5.64. The molecule has 0 atom stereocenters. The van der Waals surface area contributed by atoms with Crippen LogP contribution in [-0.4, -0.2) is 25.2 Å². The van der Waals surface area contributed by atoms with Gasteiger partial charge in [0.1, 0.15) is 5.75 Å². The first-order valence-electron chi connectivity index (χ1n) is 7.55. The minimum absolute atomic E-state index is 0.206. The first-order chi connectivity index (χ1) is 10.2. The Bertz CT molecular complexity index is 483. The number of hydrogen-bond acceptors (Lipinski definition) is 2. The van der Waals surface area contributed by atoms with E-state index in [-0.39, 0.29) is 6.10 Å². The summed E-state index contributed by atoms with van der Waals surface area (Å²) in [6.07, 6.45) is 6.76. The van der Waals surface area contributed by atoms with Gasteiger partial charge < -0.3 is 15.4 Å². The van der Waals surface area contributed by atoms with Gasteiger partial charge in [0.05, 0.1) is 6.10 Å². The fourth-order valence-electron chi connectivity index (χ4n) is 2.27. The first-order valence-corrected chi connectivity index (χ1v) is 7.55. The number of benzene rings is 1. The molecule has 1 aromatic rings. The number of guanidine groups is 1. The van der Waals surface area contributed by atoms with Crippen LogP contribution in [0.2, 0.25) is 0 Å². The lowest BCUT2D eigenvalue weighted by Crippen LogP contribution is -2.42. The Labute approximate surface area is 127 Å². The standard InChI is InChI=1S/C17H25N3O/c1-13(2)21-16-10-8-14(9-11-16)12-19-17(18-3)20-15-6-4-5-7-15/h4-5,8-11,13,15H,6-7,12H2,1-3H3,(H2,18,19,20). The highest BCUT2D eigenvalue weighted by atomic mass is 16.5. The molecule has 2 rings (SSSR count). The van der Waals surface area contributed by atoms with Crippen molar-refractivity contribution in [3.63, 3.8) is 0 Å². The number of hydrogen-bond donors (Lipinski definition) is 2. The number of ether oxygens (including phenoxy) is 1. The highest BCUT2D eigenvalue weighted by molar-refractivity contribution is 5.80. The van der Waals surface area contributed by atoms with Crippen molar-refractivity contribution in [2.45, 2.75) is 45.4 Å². The summed E-state index contributed by atoms with van der Waals surface area (Å²) in [4.78, 5) is 4.27. The van der Waals surface area contributed by atoms with Crippen molar-refractivity contribution >= 4 is 5.96 Å². The summed E-state index contributed by atoms with van der Waals surface area (Å²) >= 11 is 0. The first kappa shape index (κ1) is 15.4. The van der Waals surface area contributed by atoms with Crippen molar-refractivity contribution < 1.29 is 4.74 Å². The van der Waals surface area contributed by atoms with E-state index >= 15 is 0 Å². The van der Waals surface area contributed by atoms with Crippen molar-refractivity contribution in [2.75, 3.05) is 7.05 Å². The minimum atomic E-state index is 0.206. The molecule has 0 amide bonds. The Kier molecular flexibility index (Phi) is 5.67. The third kappa shape index (κ3) is 5.14. The normalized spacial score (nSPS) is 15.5. The molecule has 0 heterocycles. The van der Waals surface area contributed by atoms with E-state index in [1.807, 2.05) is 26.0 Å². The summed E-state index contributed by atoms with van der Waals surface area (Å²) in [5.41, 5.74) is 1.21. The Hall–Kier alpha value is -1.97. The molecule has 1 aliphatic rings. The van der Waals surface area contributed by atoms with Gasteiger partial charge in [-0.05, 0) is 44.4 Å². The van der Waals surface area contributed by atoms with Gasteiger partial charge in [0.2, 0.25) is 0 Å². The molecule has 0 radical (unpaired) electrons. The molecule has 4 nitrogen and oxygen atoms in total. The van der Waals surface area contributed by atoms with Gasteiger partial charge in [0.15, 0.2) is 5.96 Å². The second kappa shape index (κ2) is 7.72. The Morgan fingerprint density at radius 3 is 2.48 bits per heavy atom. The van der Waals surface area contributed by atoms with Gasteiger partial charge in [-0.2, -0.15) is 0 Å². The summed E-state index contributed by atoms with van der Waals surface area (Å²) in [5, 5.41) is 6.77. The summed E-state index contributed by atoms with van der Waals surface area (Å²) in [6, 6.07) is 8.64. The van der Waals surface area contributed by atoms with E-state index < -0.39 is 0 Å². The summed E-state index contributed by atoms with van der Waals surface area (Å²) < 4.78 is 5.64. The number of aliphatic imine (C=N–C) groups is 1. The summed E-state index contributed by atoms with van der Waals surface area (Å²) in [6.45, 7) is 4.81. The van der Waals surface area contributed by atoms with E-state index in [1.165, 1.54) is 5.56 Å². The predicted octanol–water partition coefficient (Wildman–Crippen LogP) is 2.86. The van der Waals surface area contributed by atoms with E-state index in [1.54, 1.807) is 7.05 Å². The summed E-state index contributed by atoms with van der Waals surface area (Å²) in [5.74, 6) is 1.76. The Morgan fingerprint density at radius 1 is 1.24 bits per heavy atom. The zero-order valence-corrected chi connectivity index (χ0v) is 13.1. The third-order valence-corrected chi connectivity index (χ3v) is 3.33. The average molecular weight is 287 g/mol. The SMILES string of the molecule is CN=C(NCc1ccc(OC(C)C)cc1)NC1CC=CC1. The van der Waals surface area contributed by atoms with Gasteiger partial charge in [-0.15, -0.1) is 0 Å². The lowest BCUT2D eigenvalue weighted by molar-refractivity contribution is 0.242. The maximum atomic E-state index is 5.64. The topological polar surface area (TPSA) is 45.7 Å². The highest BCUT2D eigenvalue weighted by Crippen LogP contribution is 2.13. The van der Waals surface area contributed by atoms with Crippen LogP contribution in [0.3, 0.4) is 0 Å². The van der Waals surface area contributed by atoms with Gasteiger partial charge in [0.25, 0.3) is 0 Å². The van der Waals surface area contributed by atoms with Crippen LogP contribution in [0.5, 0.6) is 5.75 Å². The van der Waals surface area contributed by atoms with Gasteiger partial charge in [-0.1, -0.05) is 24.3 Å². The van der Waals surface area contributed by atoms with E-state index in [2.05, 4.69) is 39.9 Å². The molecule has 0 aromatic heterocycles. The maximum Gasteiger partial charge on any atom is 0.191 e. The van der Waals surface area contributed by atoms with Crippen LogP contribution in [0, 0.1) is 0 Å². The van der Waals surface area contributed by atoms with E-state index in [4.69, 9.17) is 4.74 Å². The predicted molar refractivity (Wildman–Crippen MR) is 87.7 cm³/mol. The van der Waals surface area contributed by atoms with Crippen LogP contribution in [-0.2, 0) is 6.54 Å². The van der Waals surface area contributed by atoms with Crippen LogP contribution in [0.4, 0.5) is 0 Å². The van der Waals surface area contributed by atoms with Gasteiger partial charge in [-0.3, -0.25) is 4.99 Å². The van der Waals surface area contributed by atoms with Crippen molar-refractivity contribution in [1.29, 1.82) is 0 Å². The van der Waals surface area contributed by atoms with Crippen LogP contribution in [0.15, 0.2) is 41.4 Å². The van der Waals surface area contributed by atoms with Crippen LogP contribution in [0.1, 0.15) is 32.3 Å². The Balaban J connectivity index is 1.80. The zero-order chi connectivity index (χ0) is 15.1. The number of nitrogens with zero attached hydrogens (tertiary/aromatic N) is 1. The van der Waals surface area contributed by atoms with Crippen molar-refractivity contribution in [3.8, 4) is 5.75 Å². The lowest BCUT2D eigenvalue weighted by atomic mass is 10.2. The molecular weight excluding hydrogens is 262 g/mol. The Morgan fingerprint density at radius 2 is 1.90 bits per heavy atom. The number of nitrogens with one attached hydrogen (secondary N) is 2. The molecule has 2 N–H and O–H groups in total. The molecule has 0 bridgehead atoms. The lowest BCUT2D eigenvalue weighted by Gasteiger charge is -2.17. The molecule has 21 heavy (non-hydrogen) atoms. The van der Waals surface area contributed by atoms with E-state index in [0.717, 1.165) is 31.1 Å². The third-order valence-electron chi connectivity index (χ3n) is 3.33. The fourth-order valence-corrected chi connectivity index (χ4v) is 2.27. The molecule has 0 unspecified atom stereocenters. The average Bonchev–Trinajstić information content (AvgIpc) is 2.97. The quantitative estimate of drug-likeness (QED) is 0.497. The number of rotatable bonds is 5. The molecular formula is C17H25N3O. The van der Waals surface area contributed by atoms with Crippen LogP contribution < -0.4 is 15.4 Å². The second-order valence-corrected chi connectivity index (χ2v) is 5.52. The monoisotopic (exact) mass is 287 g/mol. The van der Waals surface area contributed by atoms with E-state index in [0.29, 0.717) is 6.04 Å². The fraction of sp³-hybridized carbons (Fsp3) is 0.471. The van der Waals surface area contributed by atoms with Gasteiger partial charge >= 0.3 is 0 Å². The van der Waals surface area contributed by atoms with Crippen molar-refractivity contribution in [2.24, 2.45) is 4.99 Å². The van der Waals surface area contributed by atoms with Crippen molar-refractivity contribution in [1.82, 2.24) is 10.6 Å². The highest BCUT2D eigenvalue weighted by Gasteiger charge is 2.11. The smallest absolute Gasteiger partial charge is 0.191 e. The minimum Gasteiger partial charge on any atom is -0.491 e. The summed E-state index contributed by atoms with van der Waals surface area (Å²) in [7, 11) is 1.80. The molecule has 0 fully saturated rings. The molecule has 1 aromatic carbocycles. The molecule has 0 spiro atoms. The van der Waals surface area contributed by atoms with Crippen LogP contribution >= 0.6 is 0 Å². The van der Waals surface area contributed by atoms with Gasteiger partial charge in [0, 0.05) is 19.6 Å². The van der Waals surface area contributed by atoms with Gasteiger partial charge in [-0.25, -0.2) is 0 Å². The molecule has 0 saturated heterocycles. The zero-order valence-electron chi connectivity index (χ0n) is 13.1. The van der Waals surface area contributed by atoms with Crippen molar-refractivity contribution in [3.05, 3.63) is 42.0 Å².